The van der Waals surface area contributed by atoms with Gasteiger partial charge in [-0.15, -0.1) is 0 Å². The Morgan fingerprint density at radius 1 is 0.710 bits per heavy atom. The summed E-state index contributed by atoms with van der Waals surface area (Å²) in [6.07, 6.45) is -4.74. The van der Waals surface area contributed by atoms with Crippen LogP contribution < -0.4 is 0 Å². The summed E-state index contributed by atoms with van der Waals surface area (Å²) in [6, 6.07) is 5.72. The Balaban J connectivity index is 0.000000683. The lowest BCUT2D eigenvalue weighted by molar-refractivity contribution is -0.293. The molecule has 1 aromatic heterocycles. The third kappa shape index (κ3) is 8.78. The minimum atomic E-state index is -1.83. The van der Waals surface area contributed by atoms with E-state index in [0.29, 0.717) is 0 Å². The van der Waals surface area contributed by atoms with Crippen LogP contribution >= 0.6 is 0 Å². The molecule has 2 heterocycles. The van der Waals surface area contributed by atoms with Crippen molar-refractivity contribution in [2.45, 2.75) is 58.4 Å². The lowest BCUT2D eigenvalue weighted by atomic mass is 9.98. The van der Waals surface area contributed by atoms with Gasteiger partial charge in [-0.1, -0.05) is 6.07 Å². The van der Waals surface area contributed by atoms with Gasteiger partial charge in [0.1, 0.15) is 0 Å². The number of carbonyl (C=O) groups is 5. The van der Waals surface area contributed by atoms with Gasteiger partial charge in [-0.05, 0) is 12.1 Å². The third-order valence-corrected chi connectivity index (χ3v) is 3.49. The molecule has 2 rings (SSSR count). The number of carboxylic acid groups (broad SMARTS) is 1. The van der Waals surface area contributed by atoms with Gasteiger partial charge >= 0.3 is 29.8 Å². The number of pyridine rings is 1. The van der Waals surface area contributed by atoms with Crippen molar-refractivity contribution in [3.05, 3.63) is 30.6 Å². The minimum Gasteiger partial charge on any atom is -0.479 e. The van der Waals surface area contributed by atoms with E-state index in [1.807, 2.05) is 18.2 Å². The number of rotatable bonds is 5. The van der Waals surface area contributed by atoms with E-state index in [2.05, 4.69) is 4.98 Å². The number of aliphatic carboxylic acids is 1. The molecule has 1 aromatic rings. The molecular formula is C19H23NO11. The first-order valence-corrected chi connectivity index (χ1v) is 8.95. The molecule has 0 aliphatic carbocycles. The second-order valence-electron chi connectivity index (χ2n) is 6.12. The van der Waals surface area contributed by atoms with Crippen LogP contribution in [-0.4, -0.2) is 70.6 Å². The molecule has 12 nitrogen and oxygen atoms in total. The minimum absolute atomic E-state index is 0.849. The zero-order valence-corrected chi connectivity index (χ0v) is 17.3. The molecule has 0 spiro atoms. The molecule has 0 unspecified atom stereocenters. The van der Waals surface area contributed by atoms with Crippen LogP contribution in [-0.2, 0) is 47.7 Å². The van der Waals surface area contributed by atoms with E-state index in [4.69, 9.17) is 23.7 Å². The second-order valence-corrected chi connectivity index (χ2v) is 6.12. The fourth-order valence-electron chi connectivity index (χ4n) is 2.54. The maximum atomic E-state index is 11.4. The first kappa shape index (κ1) is 25.5. The zero-order chi connectivity index (χ0) is 23.6. The molecule has 170 valence electrons. The summed E-state index contributed by atoms with van der Waals surface area (Å²) in [4.78, 5) is 60.5. The molecule has 0 bridgehead atoms. The maximum Gasteiger partial charge on any atom is 0.337 e. The van der Waals surface area contributed by atoms with Crippen LogP contribution in [0.15, 0.2) is 30.6 Å². The number of carboxylic acids is 1. The highest BCUT2D eigenvalue weighted by molar-refractivity contribution is 5.75. The fourth-order valence-corrected chi connectivity index (χ4v) is 2.54. The molecule has 1 saturated heterocycles. The lowest BCUT2D eigenvalue weighted by Gasteiger charge is -2.42. The van der Waals surface area contributed by atoms with Gasteiger partial charge in [-0.3, -0.25) is 24.2 Å². The van der Waals surface area contributed by atoms with Crippen molar-refractivity contribution in [2.24, 2.45) is 0 Å². The van der Waals surface area contributed by atoms with E-state index in [-0.39, 0.29) is 0 Å². The molecule has 0 aromatic carbocycles. The average molecular weight is 441 g/mol. The van der Waals surface area contributed by atoms with Crippen LogP contribution in [0.1, 0.15) is 27.7 Å². The topological polar surface area (TPSA) is 165 Å². The third-order valence-electron chi connectivity index (χ3n) is 3.49. The standard InChI is InChI=1S/C14H18O11.C5H5N/c1-5(15)21-9-10(22-6(2)16)12(23-7(3)17)14(24-8(4)18)25-11(9)13(19)20;1-2-4-6-5-3-1/h9-12,14H,1-4H3,(H,19,20);1-5H/t9-,10-,11-,12+,14+;/m0./s1. The monoisotopic (exact) mass is 441 g/mol. The largest absolute Gasteiger partial charge is 0.479 e. The molecule has 0 radical (unpaired) electrons. The Kier molecular flexibility index (Phi) is 10.1. The van der Waals surface area contributed by atoms with Crippen molar-refractivity contribution in [3.8, 4) is 0 Å². The highest BCUT2D eigenvalue weighted by atomic mass is 16.7. The van der Waals surface area contributed by atoms with Crippen LogP contribution in [0, 0.1) is 0 Å². The average Bonchev–Trinajstić information content (AvgIpc) is 2.66. The summed E-state index contributed by atoms with van der Waals surface area (Å²) in [7, 11) is 0. The predicted molar refractivity (Wildman–Crippen MR) is 99.0 cm³/mol. The van der Waals surface area contributed by atoms with Gasteiger partial charge in [0.05, 0.1) is 0 Å². The number of ether oxygens (including phenoxy) is 5. The van der Waals surface area contributed by atoms with Gasteiger partial charge in [0.15, 0.2) is 18.3 Å². The Morgan fingerprint density at radius 3 is 1.52 bits per heavy atom. The molecule has 1 aliphatic heterocycles. The zero-order valence-electron chi connectivity index (χ0n) is 17.3. The quantitative estimate of drug-likeness (QED) is 0.489. The first-order chi connectivity index (χ1) is 14.5. The molecular weight excluding hydrogens is 418 g/mol. The van der Waals surface area contributed by atoms with E-state index >= 15 is 0 Å². The highest BCUT2D eigenvalue weighted by Gasteiger charge is 2.55. The number of hydrogen-bond donors (Lipinski definition) is 1. The predicted octanol–water partition coefficient (Wildman–Crippen LogP) is 0.236. The molecule has 0 saturated carbocycles. The van der Waals surface area contributed by atoms with Gasteiger partial charge in [0, 0.05) is 40.1 Å². The number of hydrogen-bond acceptors (Lipinski definition) is 11. The number of carbonyl (C=O) groups excluding carboxylic acids is 4. The summed E-state index contributed by atoms with van der Waals surface area (Å²) in [5.41, 5.74) is 0. The molecule has 0 amide bonds. The van der Waals surface area contributed by atoms with Crippen molar-refractivity contribution in [1.29, 1.82) is 0 Å². The molecule has 1 N–H and O–H groups in total. The van der Waals surface area contributed by atoms with E-state index in [1.54, 1.807) is 12.4 Å². The van der Waals surface area contributed by atoms with Crippen LogP contribution in [0.4, 0.5) is 0 Å². The molecule has 1 fully saturated rings. The summed E-state index contributed by atoms with van der Waals surface area (Å²) in [5.74, 6) is -5.03. The van der Waals surface area contributed by atoms with Crippen molar-refractivity contribution in [2.75, 3.05) is 0 Å². The van der Waals surface area contributed by atoms with E-state index in [1.165, 1.54) is 0 Å². The number of esters is 4. The lowest BCUT2D eigenvalue weighted by Crippen LogP contribution is -2.63. The highest BCUT2D eigenvalue weighted by Crippen LogP contribution is 2.29. The first-order valence-electron chi connectivity index (χ1n) is 8.95. The number of aromatic nitrogens is 1. The summed E-state index contributed by atoms with van der Waals surface area (Å²) in [6.45, 7) is 4.06. The van der Waals surface area contributed by atoms with Crippen molar-refractivity contribution in [3.63, 3.8) is 0 Å². The SMILES string of the molecule is CC(=O)O[C@@H]1O[C@H](C(=O)O)[C@@H](OC(C)=O)[C@H](OC(C)=O)[C@H]1OC(C)=O.c1ccncc1. The summed E-state index contributed by atoms with van der Waals surface area (Å²) < 4.78 is 24.8. The molecule has 5 atom stereocenters. The van der Waals surface area contributed by atoms with Crippen LogP contribution in [0.25, 0.3) is 0 Å². The van der Waals surface area contributed by atoms with E-state index in [9.17, 15) is 29.1 Å². The van der Waals surface area contributed by atoms with E-state index < -0.39 is 60.6 Å². The van der Waals surface area contributed by atoms with Crippen LogP contribution in [0.2, 0.25) is 0 Å². The van der Waals surface area contributed by atoms with Crippen molar-refractivity contribution < 1.29 is 52.8 Å². The van der Waals surface area contributed by atoms with Crippen LogP contribution in [0.5, 0.6) is 0 Å². The van der Waals surface area contributed by atoms with Gasteiger partial charge in [-0.2, -0.15) is 0 Å². The van der Waals surface area contributed by atoms with Crippen molar-refractivity contribution >= 4 is 29.8 Å². The summed E-state index contributed by atoms with van der Waals surface area (Å²) in [5, 5.41) is 9.29. The van der Waals surface area contributed by atoms with Crippen molar-refractivity contribution in [1.82, 2.24) is 4.98 Å². The fraction of sp³-hybridized carbons (Fsp3) is 0.474. The Morgan fingerprint density at radius 2 is 1.16 bits per heavy atom. The second kappa shape index (κ2) is 12.2. The Hall–Kier alpha value is -3.54. The van der Waals surface area contributed by atoms with Gasteiger partial charge in [0.25, 0.3) is 0 Å². The van der Waals surface area contributed by atoms with E-state index in [0.717, 1.165) is 27.7 Å². The van der Waals surface area contributed by atoms with Gasteiger partial charge in [0.2, 0.25) is 12.4 Å². The molecule has 31 heavy (non-hydrogen) atoms. The van der Waals surface area contributed by atoms with Crippen LogP contribution in [0.3, 0.4) is 0 Å². The smallest absolute Gasteiger partial charge is 0.337 e. The molecule has 1 aliphatic rings. The van der Waals surface area contributed by atoms with Gasteiger partial charge < -0.3 is 28.8 Å². The maximum absolute atomic E-state index is 11.4. The van der Waals surface area contributed by atoms with Gasteiger partial charge in [-0.25, -0.2) is 4.79 Å². The molecule has 12 heteroatoms. The normalized spacial score (nSPS) is 24.5. The Bertz CT molecular complexity index is 756. The Labute approximate surface area is 177 Å². The number of nitrogens with zero attached hydrogens (tertiary/aromatic N) is 1. The summed E-state index contributed by atoms with van der Waals surface area (Å²) >= 11 is 0.